The van der Waals surface area contributed by atoms with E-state index in [1.54, 1.807) is 17.0 Å². The van der Waals surface area contributed by atoms with Gasteiger partial charge in [0.25, 0.3) is 0 Å². The Bertz CT molecular complexity index is 718. The highest BCUT2D eigenvalue weighted by atomic mass is 28.4. The van der Waals surface area contributed by atoms with Crippen molar-refractivity contribution in [2.24, 2.45) is 0 Å². The normalized spacial score (nSPS) is 20.6. The average molecular weight is 422 g/mol. The van der Waals surface area contributed by atoms with E-state index in [2.05, 4.69) is 0 Å². The van der Waals surface area contributed by atoms with Gasteiger partial charge in [-0.25, -0.2) is 4.79 Å². The van der Waals surface area contributed by atoms with Gasteiger partial charge in [0.1, 0.15) is 11.9 Å². The van der Waals surface area contributed by atoms with E-state index in [-0.39, 0.29) is 23.8 Å². The summed E-state index contributed by atoms with van der Waals surface area (Å²) in [7, 11) is -2.39. The van der Waals surface area contributed by atoms with Gasteiger partial charge in [0.15, 0.2) is 0 Å². The second kappa shape index (κ2) is 8.58. The number of rotatable bonds is 5. The molecule has 162 valence electrons. The van der Waals surface area contributed by atoms with E-state index >= 15 is 0 Å². The molecule has 1 saturated heterocycles. The molecule has 0 radical (unpaired) electrons. The molecule has 0 spiro atoms. The lowest BCUT2D eigenvalue weighted by Gasteiger charge is -2.33. The molecule has 0 saturated carbocycles. The van der Waals surface area contributed by atoms with Crippen LogP contribution in [0.4, 0.5) is 4.79 Å². The molecular weight excluding hydrogens is 386 g/mol. The average Bonchev–Trinajstić information content (AvgIpc) is 2.94. The van der Waals surface area contributed by atoms with Gasteiger partial charge in [-0.05, 0) is 66.6 Å². The SMILES string of the molecule is CC(C)(C)OC(=O)N1C[C@H](O[Si](C)(C)OC(C)(C)C)C[C@@H]1c1ccc(C=O)cc1. The van der Waals surface area contributed by atoms with Gasteiger partial charge in [-0.15, -0.1) is 0 Å². The quantitative estimate of drug-likeness (QED) is 0.490. The molecule has 0 aliphatic carbocycles. The Hall–Kier alpha value is -1.70. The van der Waals surface area contributed by atoms with Crippen LogP contribution < -0.4 is 0 Å². The Labute approximate surface area is 175 Å². The van der Waals surface area contributed by atoms with E-state index in [1.807, 2.05) is 66.8 Å². The summed E-state index contributed by atoms with van der Waals surface area (Å²) < 4.78 is 18.2. The van der Waals surface area contributed by atoms with Crippen molar-refractivity contribution in [1.29, 1.82) is 0 Å². The third-order valence-corrected chi connectivity index (χ3v) is 6.36. The fraction of sp³-hybridized carbons (Fsp3) is 0.636. The van der Waals surface area contributed by atoms with Crippen molar-refractivity contribution in [2.75, 3.05) is 6.54 Å². The molecule has 1 amide bonds. The van der Waals surface area contributed by atoms with Crippen LogP contribution in [0.15, 0.2) is 24.3 Å². The highest BCUT2D eigenvalue weighted by molar-refractivity contribution is 6.64. The third kappa shape index (κ3) is 7.24. The summed E-state index contributed by atoms with van der Waals surface area (Å²) >= 11 is 0. The summed E-state index contributed by atoms with van der Waals surface area (Å²) in [5.41, 5.74) is 0.702. The van der Waals surface area contributed by atoms with E-state index < -0.39 is 14.2 Å². The zero-order chi connectivity index (χ0) is 22.0. The lowest BCUT2D eigenvalue weighted by molar-refractivity contribution is 0.0183. The summed E-state index contributed by atoms with van der Waals surface area (Å²) in [6.07, 6.45) is 0.976. The van der Waals surface area contributed by atoms with Crippen LogP contribution in [-0.2, 0) is 13.6 Å². The zero-order valence-corrected chi connectivity index (χ0v) is 19.9. The number of benzene rings is 1. The topological polar surface area (TPSA) is 65.1 Å². The standard InChI is InChI=1S/C22H35NO5Si/c1-21(2,3)26-20(25)23-14-18(27-29(7,8)28-22(4,5)6)13-19(23)17-11-9-16(15-24)10-12-17/h9-12,15,18-19H,13-14H2,1-8H3/t18-,19-/m1/s1. The van der Waals surface area contributed by atoms with Crippen molar-refractivity contribution in [1.82, 2.24) is 4.90 Å². The summed E-state index contributed by atoms with van der Waals surface area (Å²) in [4.78, 5) is 25.6. The van der Waals surface area contributed by atoms with Crippen molar-refractivity contribution < 1.29 is 23.2 Å². The number of hydrogen-bond donors (Lipinski definition) is 0. The van der Waals surface area contributed by atoms with Gasteiger partial charge < -0.3 is 13.6 Å². The number of ether oxygens (including phenoxy) is 1. The monoisotopic (exact) mass is 421 g/mol. The van der Waals surface area contributed by atoms with E-state index in [0.717, 1.165) is 11.8 Å². The molecule has 29 heavy (non-hydrogen) atoms. The van der Waals surface area contributed by atoms with Crippen molar-refractivity contribution >= 4 is 20.9 Å². The van der Waals surface area contributed by atoms with E-state index in [1.165, 1.54) is 0 Å². The van der Waals surface area contributed by atoms with Crippen molar-refractivity contribution in [3.05, 3.63) is 35.4 Å². The van der Waals surface area contributed by atoms with E-state index in [0.29, 0.717) is 18.5 Å². The Morgan fingerprint density at radius 2 is 1.66 bits per heavy atom. The molecule has 0 N–H and O–H groups in total. The molecule has 0 aromatic heterocycles. The molecule has 1 aromatic rings. The van der Waals surface area contributed by atoms with Crippen LogP contribution in [-0.4, -0.2) is 49.7 Å². The lowest BCUT2D eigenvalue weighted by Crippen LogP contribution is -2.45. The molecular formula is C22H35NO5Si. The maximum absolute atomic E-state index is 12.9. The predicted octanol–water partition coefficient (Wildman–Crippen LogP) is 5.08. The van der Waals surface area contributed by atoms with Gasteiger partial charge in [0.05, 0.1) is 17.7 Å². The Morgan fingerprint density at radius 1 is 1.07 bits per heavy atom. The first-order chi connectivity index (χ1) is 13.2. The second-order valence-electron chi connectivity index (χ2n) is 10.0. The number of carbonyl (C=O) groups is 2. The minimum atomic E-state index is -2.39. The molecule has 2 rings (SSSR count). The van der Waals surface area contributed by atoms with Crippen LogP contribution in [0.25, 0.3) is 0 Å². The lowest BCUT2D eigenvalue weighted by atomic mass is 10.0. The Balaban J connectivity index is 2.23. The van der Waals surface area contributed by atoms with Crippen molar-refractivity contribution in [3.63, 3.8) is 0 Å². The Kier molecular flexibility index (Phi) is 6.97. The van der Waals surface area contributed by atoms with E-state index in [4.69, 9.17) is 13.6 Å². The van der Waals surface area contributed by atoms with Gasteiger partial charge in [-0.3, -0.25) is 9.69 Å². The van der Waals surface area contributed by atoms with Gasteiger partial charge in [0.2, 0.25) is 0 Å². The summed E-state index contributed by atoms with van der Waals surface area (Å²) in [5.74, 6) is 0. The number of nitrogens with zero attached hydrogens (tertiary/aromatic N) is 1. The third-order valence-electron chi connectivity index (χ3n) is 4.35. The molecule has 6 nitrogen and oxygen atoms in total. The summed E-state index contributed by atoms with van der Waals surface area (Å²) in [5, 5.41) is 0. The number of carbonyl (C=O) groups excluding carboxylic acids is 2. The van der Waals surface area contributed by atoms with Crippen molar-refractivity contribution in [3.8, 4) is 0 Å². The van der Waals surface area contributed by atoms with Crippen LogP contribution in [0.1, 0.15) is 69.9 Å². The number of likely N-dealkylation sites (tertiary alicyclic amines) is 1. The first-order valence-electron chi connectivity index (χ1n) is 10.1. The summed E-state index contributed by atoms with van der Waals surface area (Å²) in [6, 6.07) is 7.15. The van der Waals surface area contributed by atoms with Gasteiger partial charge in [-0.1, -0.05) is 24.3 Å². The molecule has 1 heterocycles. The fourth-order valence-electron chi connectivity index (χ4n) is 3.68. The molecule has 1 aromatic carbocycles. The molecule has 1 fully saturated rings. The Morgan fingerprint density at radius 3 is 2.14 bits per heavy atom. The highest BCUT2D eigenvalue weighted by Crippen LogP contribution is 2.36. The fourth-order valence-corrected chi connectivity index (χ4v) is 6.18. The van der Waals surface area contributed by atoms with Crippen LogP contribution in [0.5, 0.6) is 0 Å². The largest absolute Gasteiger partial charge is 0.444 e. The summed E-state index contributed by atoms with van der Waals surface area (Å²) in [6.45, 7) is 16.1. The smallest absolute Gasteiger partial charge is 0.410 e. The number of hydrogen-bond acceptors (Lipinski definition) is 5. The molecule has 2 atom stereocenters. The number of aldehydes is 1. The first kappa shape index (κ1) is 23.6. The van der Waals surface area contributed by atoms with Crippen LogP contribution in [0.2, 0.25) is 13.1 Å². The molecule has 0 bridgehead atoms. The number of amides is 1. The molecule has 0 unspecified atom stereocenters. The highest BCUT2D eigenvalue weighted by Gasteiger charge is 2.42. The minimum absolute atomic E-state index is 0.137. The van der Waals surface area contributed by atoms with Crippen LogP contribution in [0, 0.1) is 0 Å². The molecule has 7 heteroatoms. The van der Waals surface area contributed by atoms with Crippen LogP contribution in [0.3, 0.4) is 0 Å². The predicted molar refractivity (Wildman–Crippen MR) is 115 cm³/mol. The second-order valence-corrected chi connectivity index (χ2v) is 13.3. The zero-order valence-electron chi connectivity index (χ0n) is 18.9. The van der Waals surface area contributed by atoms with Gasteiger partial charge >= 0.3 is 14.7 Å². The van der Waals surface area contributed by atoms with Gasteiger partial charge in [-0.2, -0.15) is 0 Å². The first-order valence-corrected chi connectivity index (χ1v) is 12.9. The van der Waals surface area contributed by atoms with Crippen molar-refractivity contribution in [2.45, 2.75) is 84.4 Å². The van der Waals surface area contributed by atoms with E-state index in [9.17, 15) is 9.59 Å². The molecule has 1 aliphatic rings. The van der Waals surface area contributed by atoms with Gasteiger partial charge in [0, 0.05) is 12.1 Å². The maximum Gasteiger partial charge on any atom is 0.410 e. The maximum atomic E-state index is 12.9. The van der Waals surface area contributed by atoms with Crippen LogP contribution >= 0.6 is 0 Å². The molecule has 1 aliphatic heterocycles. The minimum Gasteiger partial charge on any atom is -0.444 e.